The van der Waals surface area contributed by atoms with Gasteiger partial charge >= 0.3 is 5.97 Å². The molecule has 7 heteroatoms. The molecule has 3 aromatic heterocycles. The van der Waals surface area contributed by atoms with Crippen molar-refractivity contribution in [2.24, 2.45) is 0 Å². The number of para-hydroxylation sites is 1. The van der Waals surface area contributed by atoms with E-state index in [1.807, 2.05) is 50.4 Å². The summed E-state index contributed by atoms with van der Waals surface area (Å²) in [7, 11) is 0. The highest BCUT2D eigenvalue weighted by molar-refractivity contribution is 5.83. The lowest BCUT2D eigenvalue weighted by molar-refractivity contribution is -0.145. The standard InChI is InChI=1S/C20H19N3O4/c1-12-9-16(13(2)26-12)20-23-22-18(27-20)11-25-19(24)8-7-14-10-21-17-6-4-3-5-15(14)17/h3-6,9-10,21H,7-8,11H2,1-2H3. The number of hydrogen-bond donors (Lipinski definition) is 1. The fourth-order valence-electron chi connectivity index (χ4n) is 3.05. The smallest absolute Gasteiger partial charge is 0.306 e. The summed E-state index contributed by atoms with van der Waals surface area (Å²) in [4.78, 5) is 15.2. The first kappa shape index (κ1) is 17.1. The largest absolute Gasteiger partial charge is 0.466 e. The fourth-order valence-corrected chi connectivity index (χ4v) is 3.05. The first-order valence-electron chi connectivity index (χ1n) is 8.70. The minimum Gasteiger partial charge on any atom is -0.466 e. The molecular formula is C20H19N3O4. The Labute approximate surface area is 155 Å². The lowest BCUT2D eigenvalue weighted by Gasteiger charge is -2.02. The van der Waals surface area contributed by atoms with E-state index in [0.717, 1.165) is 27.8 Å². The number of rotatable bonds is 6. The predicted molar refractivity (Wildman–Crippen MR) is 97.9 cm³/mol. The van der Waals surface area contributed by atoms with Gasteiger partial charge in [-0.05, 0) is 38.0 Å². The predicted octanol–water partition coefficient (Wildman–Crippen LogP) is 4.10. The van der Waals surface area contributed by atoms with Crippen molar-refractivity contribution in [1.29, 1.82) is 0 Å². The second-order valence-electron chi connectivity index (χ2n) is 6.35. The van der Waals surface area contributed by atoms with E-state index in [-0.39, 0.29) is 24.9 Å². The van der Waals surface area contributed by atoms with E-state index in [9.17, 15) is 4.79 Å². The van der Waals surface area contributed by atoms with E-state index in [1.54, 1.807) is 0 Å². The Morgan fingerprint density at radius 1 is 1.19 bits per heavy atom. The van der Waals surface area contributed by atoms with Crippen LogP contribution in [0.15, 0.2) is 45.4 Å². The monoisotopic (exact) mass is 365 g/mol. The highest BCUT2D eigenvalue weighted by Gasteiger charge is 2.16. The maximum atomic E-state index is 12.0. The zero-order valence-electron chi connectivity index (χ0n) is 15.1. The first-order valence-corrected chi connectivity index (χ1v) is 8.70. The molecule has 0 fully saturated rings. The summed E-state index contributed by atoms with van der Waals surface area (Å²) in [6.45, 7) is 3.63. The Morgan fingerprint density at radius 3 is 2.85 bits per heavy atom. The number of benzene rings is 1. The van der Waals surface area contributed by atoms with Gasteiger partial charge in [0.1, 0.15) is 11.5 Å². The average Bonchev–Trinajstić information content (AvgIpc) is 3.36. The quantitative estimate of drug-likeness (QED) is 0.517. The van der Waals surface area contributed by atoms with E-state index in [4.69, 9.17) is 13.6 Å². The first-order chi connectivity index (χ1) is 13.1. The number of nitrogens with one attached hydrogen (secondary N) is 1. The van der Waals surface area contributed by atoms with Crippen molar-refractivity contribution in [2.75, 3.05) is 0 Å². The van der Waals surface area contributed by atoms with Gasteiger partial charge in [0, 0.05) is 23.5 Å². The number of aryl methyl sites for hydroxylation is 3. The number of hydrogen-bond acceptors (Lipinski definition) is 6. The topological polar surface area (TPSA) is 94.2 Å². The molecule has 27 heavy (non-hydrogen) atoms. The summed E-state index contributed by atoms with van der Waals surface area (Å²) >= 11 is 0. The van der Waals surface area contributed by atoms with Crippen molar-refractivity contribution >= 4 is 16.9 Å². The number of carbonyl (C=O) groups is 1. The summed E-state index contributed by atoms with van der Waals surface area (Å²) in [5.41, 5.74) is 2.90. The van der Waals surface area contributed by atoms with Crippen molar-refractivity contribution in [3.05, 3.63) is 59.5 Å². The van der Waals surface area contributed by atoms with Crippen LogP contribution in [0, 0.1) is 13.8 Å². The van der Waals surface area contributed by atoms with Crippen LogP contribution in [0.25, 0.3) is 22.4 Å². The Hall–Kier alpha value is -3.35. The zero-order valence-corrected chi connectivity index (χ0v) is 15.1. The summed E-state index contributed by atoms with van der Waals surface area (Å²) in [5.74, 6) is 1.78. The molecule has 0 unspecified atom stereocenters. The van der Waals surface area contributed by atoms with E-state index in [2.05, 4.69) is 15.2 Å². The number of aromatic amines is 1. The second-order valence-corrected chi connectivity index (χ2v) is 6.35. The number of furan rings is 1. The zero-order chi connectivity index (χ0) is 18.8. The molecule has 0 saturated carbocycles. The van der Waals surface area contributed by atoms with Crippen LogP contribution in [-0.2, 0) is 22.6 Å². The Kier molecular flexibility index (Phi) is 4.50. The Morgan fingerprint density at radius 2 is 2.04 bits per heavy atom. The fraction of sp³-hybridized carbons (Fsp3) is 0.250. The van der Waals surface area contributed by atoms with Crippen molar-refractivity contribution in [3.8, 4) is 11.5 Å². The molecule has 0 bridgehead atoms. The molecule has 0 aliphatic heterocycles. The summed E-state index contributed by atoms with van der Waals surface area (Å²) < 4.78 is 16.3. The number of aromatic nitrogens is 3. The van der Waals surface area contributed by atoms with Crippen LogP contribution in [0.2, 0.25) is 0 Å². The molecule has 0 spiro atoms. The van der Waals surface area contributed by atoms with Gasteiger partial charge in [-0.3, -0.25) is 4.79 Å². The van der Waals surface area contributed by atoms with Crippen LogP contribution in [0.3, 0.4) is 0 Å². The third-order valence-electron chi connectivity index (χ3n) is 4.37. The number of carbonyl (C=O) groups excluding carboxylic acids is 1. The molecule has 138 valence electrons. The van der Waals surface area contributed by atoms with E-state index < -0.39 is 0 Å². The molecule has 0 radical (unpaired) electrons. The highest BCUT2D eigenvalue weighted by atomic mass is 16.5. The number of nitrogens with zero attached hydrogens (tertiary/aromatic N) is 2. The number of ether oxygens (including phenoxy) is 1. The summed E-state index contributed by atoms with van der Waals surface area (Å²) in [6.07, 6.45) is 2.81. The van der Waals surface area contributed by atoms with Crippen molar-refractivity contribution in [2.45, 2.75) is 33.3 Å². The van der Waals surface area contributed by atoms with Crippen molar-refractivity contribution in [3.63, 3.8) is 0 Å². The van der Waals surface area contributed by atoms with E-state index in [0.29, 0.717) is 18.1 Å². The van der Waals surface area contributed by atoms with Gasteiger partial charge in [-0.1, -0.05) is 18.2 Å². The molecule has 0 amide bonds. The van der Waals surface area contributed by atoms with Gasteiger partial charge in [-0.15, -0.1) is 10.2 Å². The molecule has 0 aliphatic carbocycles. The highest BCUT2D eigenvalue weighted by Crippen LogP contribution is 2.25. The van der Waals surface area contributed by atoms with Crippen LogP contribution >= 0.6 is 0 Å². The normalized spacial score (nSPS) is 11.2. The maximum absolute atomic E-state index is 12.0. The summed E-state index contributed by atoms with van der Waals surface area (Å²) in [5, 5.41) is 9.04. The van der Waals surface area contributed by atoms with Gasteiger partial charge in [-0.2, -0.15) is 0 Å². The van der Waals surface area contributed by atoms with Crippen LogP contribution in [0.4, 0.5) is 0 Å². The summed E-state index contributed by atoms with van der Waals surface area (Å²) in [6, 6.07) is 9.83. The molecule has 3 heterocycles. The van der Waals surface area contributed by atoms with Gasteiger partial charge in [0.15, 0.2) is 6.61 Å². The molecule has 1 aromatic carbocycles. The van der Waals surface area contributed by atoms with Crippen LogP contribution in [0.1, 0.15) is 29.4 Å². The van der Waals surface area contributed by atoms with Gasteiger partial charge in [0.2, 0.25) is 0 Å². The second kappa shape index (κ2) is 7.11. The molecule has 0 saturated heterocycles. The van der Waals surface area contributed by atoms with Crippen molar-refractivity contribution in [1.82, 2.24) is 15.2 Å². The SMILES string of the molecule is Cc1cc(-c2nnc(COC(=O)CCc3c[nH]c4ccccc34)o2)c(C)o1. The van der Waals surface area contributed by atoms with Crippen LogP contribution in [-0.4, -0.2) is 21.2 Å². The average molecular weight is 365 g/mol. The van der Waals surface area contributed by atoms with Crippen LogP contribution in [0.5, 0.6) is 0 Å². The van der Waals surface area contributed by atoms with E-state index in [1.165, 1.54) is 0 Å². The van der Waals surface area contributed by atoms with Gasteiger partial charge in [0.05, 0.1) is 5.56 Å². The molecule has 0 aliphatic rings. The molecule has 4 rings (SSSR count). The van der Waals surface area contributed by atoms with Crippen LogP contribution < -0.4 is 0 Å². The molecule has 4 aromatic rings. The third kappa shape index (κ3) is 3.62. The van der Waals surface area contributed by atoms with E-state index >= 15 is 0 Å². The third-order valence-corrected chi connectivity index (χ3v) is 4.37. The molecule has 0 atom stereocenters. The van der Waals surface area contributed by atoms with Crippen molar-refractivity contribution < 1.29 is 18.4 Å². The molecular weight excluding hydrogens is 346 g/mol. The van der Waals surface area contributed by atoms with Gasteiger partial charge < -0.3 is 18.6 Å². The lowest BCUT2D eigenvalue weighted by Crippen LogP contribution is -2.06. The molecule has 7 nitrogen and oxygen atoms in total. The van der Waals surface area contributed by atoms with Gasteiger partial charge in [-0.25, -0.2) is 0 Å². The maximum Gasteiger partial charge on any atom is 0.306 e. The Bertz CT molecular complexity index is 1090. The lowest BCUT2D eigenvalue weighted by atomic mass is 10.1. The minimum absolute atomic E-state index is 0.0460. The number of H-pyrrole nitrogens is 1. The van der Waals surface area contributed by atoms with Gasteiger partial charge in [0.25, 0.3) is 11.8 Å². The number of fused-ring (bicyclic) bond motifs is 1. The number of esters is 1. The Balaban J connectivity index is 1.32. The minimum atomic E-state index is -0.310. The molecule has 1 N–H and O–H groups in total.